The second-order valence-electron chi connectivity index (χ2n) is 4.92. The maximum Gasteiger partial charge on any atom is 0.390 e. The van der Waals surface area contributed by atoms with E-state index in [1.807, 2.05) is 4.90 Å². The highest BCUT2D eigenvalue weighted by atomic mass is 19.4. The molecule has 0 radical (unpaired) electrons. The minimum atomic E-state index is -4.23. The van der Waals surface area contributed by atoms with Crippen LogP contribution < -0.4 is 10.6 Å². The number of carbonyl (C=O) groups excluding carboxylic acids is 1. The van der Waals surface area contributed by atoms with Gasteiger partial charge in [0.15, 0.2) is 0 Å². The summed E-state index contributed by atoms with van der Waals surface area (Å²) in [5.41, 5.74) is -0.770. The van der Waals surface area contributed by atoms with Gasteiger partial charge in [0.2, 0.25) is 5.91 Å². The Bertz CT molecular complexity index is 286. The highest BCUT2D eigenvalue weighted by Crippen LogP contribution is 2.19. The molecule has 0 unspecified atom stereocenters. The fourth-order valence-electron chi connectivity index (χ4n) is 1.90. The van der Waals surface area contributed by atoms with E-state index in [-0.39, 0.29) is 12.5 Å². The van der Waals surface area contributed by atoms with E-state index in [0.717, 1.165) is 26.2 Å². The van der Waals surface area contributed by atoms with E-state index in [2.05, 4.69) is 10.6 Å². The number of hydrogen-bond donors (Lipinski definition) is 2. The van der Waals surface area contributed by atoms with E-state index >= 15 is 0 Å². The molecule has 1 aliphatic heterocycles. The molecule has 1 saturated heterocycles. The van der Waals surface area contributed by atoms with Gasteiger partial charge in [-0.3, -0.25) is 9.69 Å². The van der Waals surface area contributed by atoms with Gasteiger partial charge in [0.1, 0.15) is 0 Å². The van der Waals surface area contributed by atoms with Gasteiger partial charge in [-0.2, -0.15) is 13.2 Å². The molecular weight excluding hydrogens is 247 g/mol. The van der Waals surface area contributed by atoms with E-state index < -0.39 is 18.1 Å². The van der Waals surface area contributed by atoms with E-state index in [4.69, 9.17) is 0 Å². The quantitative estimate of drug-likeness (QED) is 0.789. The van der Waals surface area contributed by atoms with E-state index in [1.54, 1.807) is 13.8 Å². The van der Waals surface area contributed by atoms with Gasteiger partial charge in [-0.25, -0.2) is 0 Å². The molecule has 1 fully saturated rings. The molecule has 0 atom stereocenters. The smallest absolute Gasteiger partial charge is 0.354 e. The largest absolute Gasteiger partial charge is 0.390 e. The number of nitrogens with zero attached hydrogens (tertiary/aromatic N) is 1. The Morgan fingerprint density at radius 1 is 1.28 bits per heavy atom. The Labute approximate surface area is 105 Å². The third-order valence-electron chi connectivity index (χ3n) is 3.16. The zero-order valence-electron chi connectivity index (χ0n) is 10.7. The van der Waals surface area contributed by atoms with Crippen LogP contribution in [-0.2, 0) is 4.79 Å². The average molecular weight is 267 g/mol. The van der Waals surface area contributed by atoms with E-state index in [9.17, 15) is 18.0 Å². The number of piperazine rings is 1. The Morgan fingerprint density at radius 2 is 1.83 bits per heavy atom. The molecule has 1 aliphatic rings. The lowest BCUT2D eigenvalue weighted by Gasteiger charge is -2.39. The van der Waals surface area contributed by atoms with Gasteiger partial charge in [-0.1, -0.05) is 0 Å². The van der Waals surface area contributed by atoms with Crippen molar-refractivity contribution in [2.24, 2.45) is 0 Å². The highest BCUT2D eigenvalue weighted by Gasteiger charge is 2.35. The van der Waals surface area contributed by atoms with Crippen LogP contribution in [0.25, 0.3) is 0 Å². The number of carbonyl (C=O) groups is 1. The standard InChI is InChI=1S/C11H20F3N3O/c1-10(2,17-7-5-15-6-8-17)9(18)16-4-3-11(12,13)14/h15H,3-8H2,1-2H3,(H,16,18). The number of alkyl halides is 3. The first-order valence-corrected chi connectivity index (χ1v) is 6.04. The van der Waals surface area contributed by atoms with Crippen molar-refractivity contribution in [2.45, 2.75) is 32.0 Å². The minimum Gasteiger partial charge on any atom is -0.354 e. The lowest BCUT2D eigenvalue weighted by molar-refractivity contribution is -0.139. The van der Waals surface area contributed by atoms with E-state index in [1.165, 1.54) is 0 Å². The SMILES string of the molecule is CC(C)(C(=O)NCCC(F)(F)F)N1CCNCC1. The van der Waals surface area contributed by atoms with Gasteiger partial charge < -0.3 is 10.6 Å². The molecule has 0 aromatic rings. The van der Waals surface area contributed by atoms with Gasteiger partial charge in [0.05, 0.1) is 12.0 Å². The Hall–Kier alpha value is -0.820. The normalized spacial score (nSPS) is 18.7. The van der Waals surface area contributed by atoms with Crippen molar-refractivity contribution in [3.8, 4) is 0 Å². The van der Waals surface area contributed by atoms with Crippen LogP contribution in [0.15, 0.2) is 0 Å². The van der Waals surface area contributed by atoms with Crippen molar-refractivity contribution < 1.29 is 18.0 Å². The summed E-state index contributed by atoms with van der Waals surface area (Å²) >= 11 is 0. The highest BCUT2D eigenvalue weighted by molar-refractivity contribution is 5.85. The molecule has 0 aromatic carbocycles. The molecule has 0 saturated carbocycles. The van der Waals surface area contributed by atoms with Crippen LogP contribution in [0.4, 0.5) is 13.2 Å². The van der Waals surface area contributed by atoms with Crippen LogP contribution in [0.2, 0.25) is 0 Å². The predicted octanol–water partition coefficient (Wildman–Crippen LogP) is 0.739. The summed E-state index contributed by atoms with van der Waals surface area (Å²) in [5, 5.41) is 5.52. The molecule has 2 N–H and O–H groups in total. The Morgan fingerprint density at radius 3 is 2.33 bits per heavy atom. The lowest BCUT2D eigenvalue weighted by atomic mass is 10.0. The second-order valence-corrected chi connectivity index (χ2v) is 4.92. The number of amides is 1. The molecule has 106 valence electrons. The van der Waals surface area contributed by atoms with Crippen molar-refractivity contribution in [3.63, 3.8) is 0 Å². The number of nitrogens with one attached hydrogen (secondary N) is 2. The van der Waals surface area contributed by atoms with Gasteiger partial charge in [0, 0.05) is 32.7 Å². The van der Waals surface area contributed by atoms with E-state index in [0.29, 0.717) is 0 Å². The summed E-state index contributed by atoms with van der Waals surface area (Å²) in [5.74, 6) is -0.353. The van der Waals surface area contributed by atoms with Crippen LogP contribution in [0, 0.1) is 0 Å². The van der Waals surface area contributed by atoms with Crippen molar-refractivity contribution in [2.75, 3.05) is 32.7 Å². The fourth-order valence-corrected chi connectivity index (χ4v) is 1.90. The van der Waals surface area contributed by atoms with Crippen LogP contribution >= 0.6 is 0 Å². The minimum absolute atomic E-state index is 0.353. The first-order valence-electron chi connectivity index (χ1n) is 6.04. The van der Waals surface area contributed by atoms with Gasteiger partial charge in [-0.05, 0) is 13.8 Å². The maximum atomic E-state index is 12.0. The summed E-state index contributed by atoms with van der Waals surface area (Å²) in [6, 6.07) is 0. The molecule has 1 rings (SSSR count). The van der Waals surface area contributed by atoms with Crippen molar-refractivity contribution in [1.29, 1.82) is 0 Å². The molecule has 18 heavy (non-hydrogen) atoms. The lowest BCUT2D eigenvalue weighted by Crippen LogP contribution is -2.60. The predicted molar refractivity (Wildman–Crippen MR) is 62.2 cm³/mol. The molecule has 4 nitrogen and oxygen atoms in total. The molecule has 0 bridgehead atoms. The maximum absolute atomic E-state index is 12.0. The van der Waals surface area contributed by atoms with Crippen LogP contribution in [0.5, 0.6) is 0 Å². The third-order valence-corrected chi connectivity index (χ3v) is 3.16. The molecule has 1 amide bonds. The molecular formula is C11H20F3N3O. The average Bonchev–Trinajstić information content (AvgIpc) is 2.28. The Balaban J connectivity index is 2.43. The van der Waals surface area contributed by atoms with Gasteiger partial charge >= 0.3 is 6.18 Å². The zero-order chi connectivity index (χ0) is 13.8. The first-order chi connectivity index (χ1) is 8.23. The summed E-state index contributed by atoms with van der Waals surface area (Å²) < 4.78 is 36.0. The summed E-state index contributed by atoms with van der Waals surface area (Å²) in [7, 11) is 0. The first kappa shape index (κ1) is 15.2. The van der Waals surface area contributed by atoms with Gasteiger partial charge in [0.25, 0.3) is 0 Å². The molecule has 0 aliphatic carbocycles. The van der Waals surface area contributed by atoms with Crippen molar-refractivity contribution in [3.05, 3.63) is 0 Å². The van der Waals surface area contributed by atoms with Crippen molar-refractivity contribution >= 4 is 5.91 Å². The molecule has 1 heterocycles. The van der Waals surface area contributed by atoms with Crippen LogP contribution in [0.1, 0.15) is 20.3 Å². The number of rotatable bonds is 4. The Kier molecular flexibility index (Phi) is 4.98. The second kappa shape index (κ2) is 5.88. The molecule has 0 aromatic heterocycles. The summed E-state index contributed by atoms with van der Waals surface area (Å²) in [6.07, 6.45) is -5.22. The number of hydrogen-bond acceptors (Lipinski definition) is 3. The monoisotopic (exact) mass is 267 g/mol. The molecule has 0 spiro atoms. The van der Waals surface area contributed by atoms with Crippen LogP contribution in [-0.4, -0.2) is 55.2 Å². The summed E-state index contributed by atoms with van der Waals surface area (Å²) in [4.78, 5) is 13.9. The van der Waals surface area contributed by atoms with Crippen molar-refractivity contribution in [1.82, 2.24) is 15.5 Å². The topological polar surface area (TPSA) is 44.4 Å². The third kappa shape index (κ3) is 4.45. The molecule has 7 heteroatoms. The summed E-state index contributed by atoms with van der Waals surface area (Å²) in [6.45, 7) is 6.14. The fraction of sp³-hybridized carbons (Fsp3) is 0.909. The zero-order valence-corrected chi connectivity index (χ0v) is 10.7. The van der Waals surface area contributed by atoms with Crippen LogP contribution in [0.3, 0.4) is 0 Å². The van der Waals surface area contributed by atoms with Gasteiger partial charge in [-0.15, -0.1) is 0 Å². The number of halogens is 3.